The fourth-order valence-corrected chi connectivity index (χ4v) is 2.60. The number of rotatable bonds is 3. The van der Waals surface area contributed by atoms with E-state index in [1.807, 2.05) is 0 Å². The van der Waals surface area contributed by atoms with E-state index in [2.05, 4.69) is 0 Å². The van der Waals surface area contributed by atoms with Crippen molar-refractivity contribution in [1.82, 2.24) is 4.90 Å². The maximum Gasteiger partial charge on any atom is 0.338 e. The number of para-hydroxylation sites is 1. The molecule has 1 unspecified atom stereocenters. The Balaban J connectivity index is 2.13. The van der Waals surface area contributed by atoms with Crippen molar-refractivity contribution in [3.63, 3.8) is 0 Å². The highest BCUT2D eigenvalue weighted by atomic mass is 16.2. The summed E-state index contributed by atoms with van der Waals surface area (Å²) in [5.41, 5.74) is -1.48. The maximum absolute atomic E-state index is 12.7. The Hall–Kier alpha value is -2.50. The SMILES string of the molecule is CC(=O)C1(C)C(=O)N(c2ccccc2)C(=O)N(C2CC2)C1=O. The van der Waals surface area contributed by atoms with Gasteiger partial charge in [0.15, 0.2) is 11.2 Å². The number of carbonyl (C=O) groups excluding carboxylic acids is 4. The Morgan fingerprint density at radius 1 is 1.09 bits per heavy atom. The van der Waals surface area contributed by atoms with Gasteiger partial charge in [-0.2, -0.15) is 0 Å². The van der Waals surface area contributed by atoms with E-state index in [9.17, 15) is 19.2 Å². The van der Waals surface area contributed by atoms with Gasteiger partial charge in [0.1, 0.15) is 0 Å². The fraction of sp³-hybridized carbons (Fsp3) is 0.375. The number of amides is 4. The minimum atomic E-state index is -1.84. The largest absolute Gasteiger partial charge is 0.338 e. The first-order chi connectivity index (χ1) is 10.4. The topological polar surface area (TPSA) is 74.8 Å². The molecule has 4 amide bonds. The quantitative estimate of drug-likeness (QED) is 0.797. The predicted octanol–water partition coefficient (Wildman–Crippen LogP) is 1.74. The zero-order valence-electron chi connectivity index (χ0n) is 12.4. The number of nitrogens with zero attached hydrogens (tertiary/aromatic N) is 2. The van der Waals surface area contributed by atoms with Gasteiger partial charge in [0.05, 0.1) is 5.69 Å². The third-order valence-corrected chi connectivity index (χ3v) is 4.31. The molecule has 1 aliphatic heterocycles. The minimum Gasteiger partial charge on any atom is -0.298 e. The van der Waals surface area contributed by atoms with Crippen LogP contribution in [0.4, 0.5) is 10.5 Å². The molecule has 2 fully saturated rings. The first-order valence-corrected chi connectivity index (χ1v) is 7.17. The van der Waals surface area contributed by atoms with Crippen LogP contribution in [0.15, 0.2) is 30.3 Å². The summed E-state index contributed by atoms with van der Waals surface area (Å²) < 4.78 is 0. The Bertz CT molecular complexity index is 681. The van der Waals surface area contributed by atoms with Crippen LogP contribution in [0.5, 0.6) is 0 Å². The molecule has 0 bridgehead atoms. The number of Topliss-reactive ketones (excluding diaryl/α,β-unsaturated/α-hetero) is 1. The normalized spacial score (nSPS) is 25.6. The molecule has 3 rings (SSSR count). The predicted molar refractivity (Wildman–Crippen MR) is 78.0 cm³/mol. The van der Waals surface area contributed by atoms with Crippen LogP contribution in [0.2, 0.25) is 0 Å². The minimum absolute atomic E-state index is 0.210. The number of carbonyl (C=O) groups is 4. The molecule has 114 valence electrons. The molecule has 0 radical (unpaired) electrons. The van der Waals surface area contributed by atoms with Gasteiger partial charge in [-0.05, 0) is 38.8 Å². The lowest BCUT2D eigenvalue weighted by atomic mass is 9.81. The molecule has 1 saturated heterocycles. The smallest absolute Gasteiger partial charge is 0.298 e. The lowest BCUT2D eigenvalue weighted by molar-refractivity contribution is -0.154. The highest BCUT2D eigenvalue weighted by Gasteiger charge is 2.60. The number of anilines is 1. The summed E-state index contributed by atoms with van der Waals surface area (Å²) in [4.78, 5) is 52.0. The molecule has 1 heterocycles. The Kier molecular flexibility index (Phi) is 3.12. The molecular weight excluding hydrogens is 284 g/mol. The molecule has 1 saturated carbocycles. The van der Waals surface area contributed by atoms with E-state index in [-0.39, 0.29) is 6.04 Å². The number of barbiturate groups is 1. The molecule has 2 aliphatic rings. The third kappa shape index (κ3) is 1.87. The standard InChI is InChI=1S/C16H16N2O4/c1-10(19)16(2)13(20)17(11-6-4-3-5-7-11)15(22)18(14(16)21)12-8-9-12/h3-7,12H,8-9H2,1-2H3. The van der Waals surface area contributed by atoms with Crippen molar-refractivity contribution in [1.29, 1.82) is 0 Å². The molecule has 0 spiro atoms. The Morgan fingerprint density at radius 3 is 2.18 bits per heavy atom. The van der Waals surface area contributed by atoms with E-state index in [4.69, 9.17) is 0 Å². The van der Waals surface area contributed by atoms with Crippen LogP contribution in [0.1, 0.15) is 26.7 Å². The van der Waals surface area contributed by atoms with Crippen LogP contribution in [0.25, 0.3) is 0 Å². The van der Waals surface area contributed by atoms with Crippen molar-refractivity contribution in [2.24, 2.45) is 5.41 Å². The van der Waals surface area contributed by atoms with Crippen molar-refractivity contribution in [2.75, 3.05) is 4.90 Å². The third-order valence-electron chi connectivity index (χ3n) is 4.31. The van der Waals surface area contributed by atoms with Crippen LogP contribution in [-0.2, 0) is 14.4 Å². The van der Waals surface area contributed by atoms with Crippen LogP contribution in [0.3, 0.4) is 0 Å². The van der Waals surface area contributed by atoms with E-state index < -0.39 is 29.0 Å². The number of hydrogen-bond acceptors (Lipinski definition) is 4. The van der Waals surface area contributed by atoms with Crippen LogP contribution in [0, 0.1) is 5.41 Å². The summed E-state index contributed by atoms with van der Waals surface area (Å²) in [5.74, 6) is -2.04. The van der Waals surface area contributed by atoms with Gasteiger partial charge in [-0.15, -0.1) is 0 Å². The Labute approximate surface area is 127 Å². The van der Waals surface area contributed by atoms with Crippen LogP contribution in [-0.4, -0.2) is 34.6 Å². The molecule has 1 atom stereocenters. The summed E-state index contributed by atoms with van der Waals surface area (Å²) in [6.45, 7) is 2.51. The molecule has 6 nitrogen and oxygen atoms in total. The second-order valence-electron chi connectivity index (χ2n) is 5.85. The highest BCUT2D eigenvalue weighted by Crippen LogP contribution is 2.39. The summed E-state index contributed by atoms with van der Waals surface area (Å²) in [6, 6.07) is 7.49. The van der Waals surface area contributed by atoms with Crippen molar-refractivity contribution in [2.45, 2.75) is 32.7 Å². The second kappa shape index (κ2) is 4.76. The number of imide groups is 2. The average molecular weight is 300 g/mol. The van der Waals surface area contributed by atoms with Crippen molar-refractivity contribution in [3.8, 4) is 0 Å². The Morgan fingerprint density at radius 2 is 1.68 bits per heavy atom. The van der Waals surface area contributed by atoms with E-state index in [1.54, 1.807) is 30.3 Å². The summed E-state index contributed by atoms with van der Waals surface area (Å²) >= 11 is 0. The zero-order valence-corrected chi connectivity index (χ0v) is 12.4. The lowest BCUT2D eigenvalue weighted by Crippen LogP contribution is -2.67. The van der Waals surface area contributed by atoms with E-state index in [1.165, 1.54) is 13.8 Å². The van der Waals surface area contributed by atoms with Gasteiger partial charge in [0.2, 0.25) is 0 Å². The first kappa shape index (κ1) is 14.4. The van der Waals surface area contributed by atoms with E-state index >= 15 is 0 Å². The molecule has 22 heavy (non-hydrogen) atoms. The van der Waals surface area contributed by atoms with E-state index in [0.29, 0.717) is 18.5 Å². The fourth-order valence-electron chi connectivity index (χ4n) is 2.60. The first-order valence-electron chi connectivity index (χ1n) is 7.17. The van der Waals surface area contributed by atoms with Crippen molar-refractivity contribution in [3.05, 3.63) is 30.3 Å². The average Bonchev–Trinajstić information content (AvgIpc) is 3.31. The van der Waals surface area contributed by atoms with Gasteiger partial charge >= 0.3 is 6.03 Å². The molecular formula is C16H16N2O4. The number of ketones is 1. The molecule has 6 heteroatoms. The van der Waals surface area contributed by atoms with Crippen LogP contribution >= 0.6 is 0 Å². The van der Waals surface area contributed by atoms with E-state index in [0.717, 1.165) is 9.80 Å². The number of benzene rings is 1. The van der Waals surface area contributed by atoms with Gasteiger partial charge in [-0.25, -0.2) is 9.69 Å². The van der Waals surface area contributed by atoms with Gasteiger partial charge < -0.3 is 0 Å². The van der Waals surface area contributed by atoms with Gasteiger partial charge in [0, 0.05) is 6.04 Å². The summed E-state index contributed by atoms with van der Waals surface area (Å²) in [5, 5.41) is 0. The van der Waals surface area contributed by atoms with Crippen molar-refractivity contribution >= 4 is 29.3 Å². The van der Waals surface area contributed by atoms with Gasteiger partial charge in [0.25, 0.3) is 11.8 Å². The van der Waals surface area contributed by atoms with Gasteiger partial charge in [-0.3, -0.25) is 19.3 Å². The maximum atomic E-state index is 12.7. The number of hydrogen-bond donors (Lipinski definition) is 0. The van der Waals surface area contributed by atoms with Crippen molar-refractivity contribution < 1.29 is 19.2 Å². The number of urea groups is 1. The molecule has 0 aromatic heterocycles. The lowest BCUT2D eigenvalue weighted by Gasteiger charge is -2.41. The summed E-state index contributed by atoms with van der Waals surface area (Å²) in [7, 11) is 0. The molecule has 1 aromatic rings. The molecule has 1 aromatic carbocycles. The summed E-state index contributed by atoms with van der Waals surface area (Å²) in [6.07, 6.45) is 1.42. The zero-order chi connectivity index (χ0) is 16.1. The van der Waals surface area contributed by atoms with Crippen LogP contribution < -0.4 is 4.90 Å². The highest BCUT2D eigenvalue weighted by molar-refractivity contribution is 6.37. The second-order valence-corrected chi connectivity index (χ2v) is 5.85. The van der Waals surface area contributed by atoms with Gasteiger partial charge in [-0.1, -0.05) is 18.2 Å². The molecule has 1 aliphatic carbocycles. The molecule has 0 N–H and O–H groups in total. The monoisotopic (exact) mass is 300 g/mol.